The monoisotopic (exact) mass is 342 g/mol. The molecule has 2 heterocycles. The summed E-state index contributed by atoms with van der Waals surface area (Å²) >= 11 is 3.41. The second kappa shape index (κ2) is 6.13. The number of furan rings is 1. The van der Waals surface area contributed by atoms with Crippen molar-refractivity contribution in [2.45, 2.75) is 13.0 Å². The molecular weight excluding hydrogens is 328 g/mol. The Bertz CT molecular complexity index is 552. The van der Waals surface area contributed by atoms with Gasteiger partial charge >= 0.3 is 12.0 Å². The van der Waals surface area contributed by atoms with E-state index in [1.807, 2.05) is 6.08 Å². The average Bonchev–Trinajstić information content (AvgIpc) is 2.87. The lowest BCUT2D eigenvalue weighted by atomic mass is 10.2. The van der Waals surface area contributed by atoms with E-state index in [-0.39, 0.29) is 18.3 Å². The Labute approximate surface area is 124 Å². The van der Waals surface area contributed by atoms with Crippen LogP contribution < -0.4 is 0 Å². The fourth-order valence-electron chi connectivity index (χ4n) is 1.94. The number of carbonyl (C=O) groups excluding carboxylic acids is 1. The van der Waals surface area contributed by atoms with E-state index in [0.29, 0.717) is 18.8 Å². The lowest BCUT2D eigenvalue weighted by Crippen LogP contribution is -2.42. The minimum atomic E-state index is -1.11. The first kappa shape index (κ1) is 14.6. The number of nitrogens with zero attached hydrogens (tertiary/aromatic N) is 2. The Morgan fingerprint density at radius 3 is 2.80 bits per heavy atom. The molecule has 0 radical (unpaired) electrons. The standard InChI is InChI=1S/C13H15BrN2O4/c1-15(8-10-2-3-11(20-10)12(17)18)13(19)16-6-4-9(14)5-7-16/h2-4H,5-8H2,1H3,(H,17,18). The van der Waals surface area contributed by atoms with Gasteiger partial charge in [-0.05, 0) is 23.0 Å². The molecular formula is C13H15BrN2O4. The number of carboxylic acids is 1. The minimum absolute atomic E-state index is 0.102. The van der Waals surface area contributed by atoms with Crippen molar-refractivity contribution < 1.29 is 19.1 Å². The summed E-state index contributed by atoms with van der Waals surface area (Å²) in [6, 6.07) is 2.85. The zero-order valence-electron chi connectivity index (χ0n) is 11.0. The molecule has 1 aliphatic rings. The molecule has 0 fully saturated rings. The summed E-state index contributed by atoms with van der Waals surface area (Å²) in [5, 5.41) is 8.78. The van der Waals surface area contributed by atoms with Gasteiger partial charge in [-0.25, -0.2) is 9.59 Å². The predicted molar refractivity (Wildman–Crippen MR) is 75.7 cm³/mol. The van der Waals surface area contributed by atoms with Crippen LogP contribution in [-0.4, -0.2) is 47.0 Å². The molecule has 0 aromatic carbocycles. The quantitative estimate of drug-likeness (QED) is 0.915. The van der Waals surface area contributed by atoms with Gasteiger partial charge in [0.05, 0.1) is 6.54 Å². The average molecular weight is 343 g/mol. The highest BCUT2D eigenvalue weighted by molar-refractivity contribution is 9.11. The molecule has 0 spiro atoms. The topological polar surface area (TPSA) is 74.0 Å². The molecule has 7 heteroatoms. The number of carbonyl (C=O) groups is 2. The maximum absolute atomic E-state index is 12.2. The lowest BCUT2D eigenvalue weighted by Gasteiger charge is -2.29. The van der Waals surface area contributed by atoms with Crippen molar-refractivity contribution in [2.75, 3.05) is 20.1 Å². The molecule has 20 heavy (non-hydrogen) atoms. The molecule has 1 aromatic heterocycles. The van der Waals surface area contributed by atoms with Gasteiger partial charge in [-0.2, -0.15) is 0 Å². The second-order valence-corrected chi connectivity index (χ2v) is 5.58. The third kappa shape index (κ3) is 3.41. The smallest absolute Gasteiger partial charge is 0.371 e. The van der Waals surface area contributed by atoms with Crippen molar-refractivity contribution in [2.24, 2.45) is 0 Å². The van der Waals surface area contributed by atoms with Gasteiger partial charge in [-0.1, -0.05) is 22.0 Å². The Morgan fingerprint density at radius 2 is 2.25 bits per heavy atom. The van der Waals surface area contributed by atoms with E-state index in [1.165, 1.54) is 11.0 Å². The molecule has 0 saturated heterocycles. The van der Waals surface area contributed by atoms with Gasteiger partial charge in [-0.15, -0.1) is 0 Å². The molecule has 0 bridgehead atoms. The fourth-order valence-corrected chi connectivity index (χ4v) is 2.26. The molecule has 0 atom stereocenters. The van der Waals surface area contributed by atoms with Crippen LogP contribution >= 0.6 is 15.9 Å². The molecule has 1 aliphatic heterocycles. The van der Waals surface area contributed by atoms with E-state index in [1.54, 1.807) is 18.0 Å². The minimum Gasteiger partial charge on any atom is -0.475 e. The van der Waals surface area contributed by atoms with Crippen molar-refractivity contribution in [1.29, 1.82) is 0 Å². The predicted octanol–water partition coefficient (Wildman–Crippen LogP) is 2.51. The van der Waals surface area contributed by atoms with Gasteiger partial charge in [0.2, 0.25) is 5.76 Å². The van der Waals surface area contributed by atoms with Gasteiger partial charge in [0.25, 0.3) is 0 Å². The van der Waals surface area contributed by atoms with Gasteiger partial charge in [0, 0.05) is 20.1 Å². The highest BCUT2D eigenvalue weighted by atomic mass is 79.9. The van der Waals surface area contributed by atoms with E-state index >= 15 is 0 Å². The lowest BCUT2D eigenvalue weighted by molar-refractivity contribution is 0.0659. The van der Waals surface area contributed by atoms with Gasteiger partial charge < -0.3 is 19.3 Å². The molecule has 108 valence electrons. The molecule has 6 nitrogen and oxygen atoms in total. The number of aromatic carboxylic acids is 1. The van der Waals surface area contributed by atoms with Crippen LogP contribution in [0.5, 0.6) is 0 Å². The zero-order valence-corrected chi connectivity index (χ0v) is 12.6. The van der Waals surface area contributed by atoms with Crippen LogP contribution in [0, 0.1) is 0 Å². The van der Waals surface area contributed by atoms with Crippen molar-refractivity contribution in [1.82, 2.24) is 9.80 Å². The van der Waals surface area contributed by atoms with E-state index in [9.17, 15) is 9.59 Å². The molecule has 2 rings (SSSR count). The van der Waals surface area contributed by atoms with Crippen LogP contribution in [0.2, 0.25) is 0 Å². The summed E-state index contributed by atoms with van der Waals surface area (Å²) in [6.45, 7) is 1.48. The third-order valence-corrected chi connectivity index (χ3v) is 3.74. The van der Waals surface area contributed by atoms with Crippen LogP contribution in [0.3, 0.4) is 0 Å². The van der Waals surface area contributed by atoms with Gasteiger partial charge in [-0.3, -0.25) is 0 Å². The Balaban J connectivity index is 1.95. The van der Waals surface area contributed by atoms with Crippen molar-refractivity contribution in [3.63, 3.8) is 0 Å². The van der Waals surface area contributed by atoms with E-state index in [0.717, 1.165) is 10.9 Å². The number of carboxylic acid groups (broad SMARTS) is 1. The zero-order chi connectivity index (χ0) is 14.7. The summed E-state index contributed by atoms with van der Waals surface area (Å²) in [7, 11) is 1.67. The summed E-state index contributed by atoms with van der Waals surface area (Å²) in [6.07, 6.45) is 2.77. The molecule has 2 amide bonds. The summed E-state index contributed by atoms with van der Waals surface area (Å²) in [5.74, 6) is -0.783. The normalized spacial score (nSPS) is 14.9. The summed E-state index contributed by atoms with van der Waals surface area (Å²) in [5.41, 5.74) is 0. The first-order valence-corrected chi connectivity index (χ1v) is 6.93. The van der Waals surface area contributed by atoms with E-state index < -0.39 is 5.97 Å². The maximum atomic E-state index is 12.2. The third-order valence-electron chi connectivity index (χ3n) is 3.02. The Morgan fingerprint density at radius 1 is 1.50 bits per heavy atom. The molecule has 0 unspecified atom stereocenters. The number of hydrogen-bond acceptors (Lipinski definition) is 3. The van der Waals surface area contributed by atoms with Crippen molar-refractivity contribution in [3.05, 3.63) is 34.2 Å². The van der Waals surface area contributed by atoms with Crippen molar-refractivity contribution in [3.8, 4) is 0 Å². The Kier molecular flexibility index (Phi) is 4.49. The van der Waals surface area contributed by atoms with Crippen LogP contribution in [0.25, 0.3) is 0 Å². The highest BCUT2D eigenvalue weighted by Crippen LogP contribution is 2.18. The van der Waals surface area contributed by atoms with Gasteiger partial charge in [0.1, 0.15) is 5.76 Å². The van der Waals surface area contributed by atoms with Crippen LogP contribution in [0.1, 0.15) is 22.7 Å². The Hall–Kier alpha value is -1.76. The number of hydrogen-bond donors (Lipinski definition) is 1. The SMILES string of the molecule is CN(Cc1ccc(C(=O)O)o1)C(=O)N1CC=C(Br)CC1. The highest BCUT2D eigenvalue weighted by Gasteiger charge is 2.21. The number of urea groups is 1. The van der Waals surface area contributed by atoms with Crippen molar-refractivity contribution >= 4 is 27.9 Å². The van der Waals surface area contributed by atoms with Crippen LogP contribution in [-0.2, 0) is 6.54 Å². The van der Waals surface area contributed by atoms with Crippen LogP contribution in [0.15, 0.2) is 27.1 Å². The first-order valence-electron chi connectivity index (χ1n) is 6.14. The summed E-state index contributed by atoms with van der Waals surface area (Å²) in [4.78, 5) is 26.2. The largest absolute Gasteiger partial charge is 0.475 e. The maximum Gasteiger partial charge on any atom is 0.371 e. The molecule has 1 N–H and O–H groups in total. The van der Waals surface area contributed by atoms with Gasteiger partial charge in [0.15, 0.2) is 0 Å². The van der Waals surface area contributed by atoms with Crippen LogP contribution in [0.4, 0.5) is 4.79 Å². The second-order valence-electron chi connectivity index (χ2n) is 4.56. The molecule has 0 saturated carbocycles. The summed E-state index contributed by atoms with van der Waals surface area (Å²) < 4.78 is 6.25. The van der Waals surface area contributed by atoms with E-state index in [2.05, 4.69) is 15.9 Å². The number of rotatable bonds is 3. The fraction of sp³-hybridized carbons (Fsp3) is 0.385. The number of amides is 2. The number of halogens is 1. The van der Waals surface area contributed by atoms with E-state index in [4.69, 9.17) is 9.52 Å². The molecule has 1 aromatic rings. The first-order chi connectivity index (χ1) is 9.47. The molecule has 0 aliphatic carbocycles.